The van der Waals surface area contributed by atoms with Crippen molar-refractivity contribution in [1.29, 1.82) is 0 Å². The smallest absolute Gasteiger partial charge is 0.320 e. The summed E-state index contributed by atoms with van der Waals surface area (Å²) in [4.78, 5) is 28.6. The number of carbonyl (C=O) groups is 1. The summed E-state index contributed by atoms with van der Waals surface area (Å²) < 4.78 is 10.7. The second-order valence-electron chi connectivity index (χ2n) is 8.95. The highest BCUT2D eigenvalue weighted by Gasteiger charge is 2.40. The SMILES string of the molecule is COc1cc(Cl)c(CC2CN(Cc3nc4nc(Cl)ccc4[nH]3)C(=O)N2CC(C)(C)O)cc1OC. The predicted octanol–water partition coefficient (Wildman–Crippen LogP) is 3.90. The number of nitrogens with one attached hydrogen (secondary N) is 1. The van der Waals surface area contributed by atoms with Crippen molar-refractivity contribution in [2.24, 2.45) is 0 Å². The highest BCUT2D eigenvalue weighted by molar-refractivity contribution is 6.31. The van der Waals surface area contributed by atoms with Gasteiger partial charge in [0, 0.05) is 17.6 Å². The molecule has 9 nitrogen and oxygen atoms in total. The lowest BCUT2D eigenvalue weighted by Gasteiger charge is -2.29. The van der Waals surface area contributed by atoms with Crippen molar-refractivity contribution in [1.82, 2.24) is 24.8 Å². The van der Waals surface area contributed by atoms with Crippen molar-refractivity contribution in [3.05, 3.63) is 45.8 Å². The Hall–Kier alpha value is -2.75. The highest BCUT2D eigenvalue weighted by atomic mass is 35.5. The molecule has 182 valence electrons. The molecule has 0 bridgehead atoms. The van der Waals surface area contributed by atoms with E-state index in [2.05, 4.69) is 15.0 Å². The average molecular weight is 508 g/mol. The zero-order chi connectivity index (χ0) is 24.6. The number of methoxy groups -OCH3 is 2. The van der Waals surface area contributed by atoms with Crippen LogP contribution in [0.15, 0.2) is 24.3 Å². The summed E-state index contributed by atoms with van der Waals surface area (Å²) in [6.07, 6.45) is 0.481. The molecule has 11 heteroatoms. The molecule has 1 atom stereocenters. The van der Waals surface area contributed by atoms with Crippen molar-refractivity contribution in [2.45, 2.75) is 38.5 Å². The molecule has 1 fully saturated rings. The minimum absolute atomic E-state index is 0.176. The van der Waals surface area contributed by atoms with Crippen LogP contribution in [0.25, 0.3) is 11.2 Å². The van der Waals surface area contributed by atoms with Gasteiger partial charge in [-0.15, -0.1) is 0 Å². The van der Waals surface area contributed by atoms with Gasteiger partial charge in [-0.2, -0.15) is 0 Å². The maximum absolute atomic E-state index is 13.4. The van der Waals surface area contributed by atoms with E-state index < -0.39 is 5.60 Å². The number of carbonyl (C=O) groups excluding carboxylic acids is 1. The molecule has 3 aromatic rings. The number of aromatic amines is 1. The van der Waals surface area contributed by atoms with Gasteiger partial charge in [0.05, 0.1) is 44.5 Å². The molecule has 1 aromatic carbocycles. The van der Waals surface area contributed by atoms with E-state index in [1.54, 1.807) is 56.1 Å². The van der Waals surface area contributed by atoms with Crippen LogP contribution in [0.4, 0.5) is 4.79 Å². The van der Waals surface area contributed by atoms with Crippen LogP contribution in [0.2, 0.25) is 10.2 Å². The maximum atomic E-state index is 13.4. The van der Waals surface area contributed by atoms with E-state index in [0.29, 0.717) is 46.1 Å². The molecule has 2 N–H and O–H groups in total. The number of benzene rings is 1. The number of β-amino-alcohol motifs (C(OH)–C–C–N with tert-alkyl or cyclic N) is 1. The Balaban J connectivity index is 1.60. The molecule has 2 aromatic heterocycles. The topological polar surface area (TPSA) is 104 Å². The molecule has 2 amide bonds. The van der Waals surface area contributed by atoms with Gasteiger partial charge in [0.1, 0.15) is 11.0 Å². The van der Waals surface area contributed by atoms with Gasteiger partial charge >= 0.3 is 6.03 Å². The first-order chi connectivity index (χ1) is 16.1. The van der Waals surface area contributed by atoms with Crippen molar-refractivity contribution < 1.29 is 19.4 Å². The number of aromatic nitrogens is 3. The first kappa shape index (κ1) is 24.4. The number of amides is 2. The van der Waals surface area contributed by atoms with Crippen molar-refractivity contribution in [3.8, 4) is 11.5 Å². The summed E-state index contributed by atoms with van der Waals surface area (Å²) in [5, 5.41) is 11.3. The first-order valence-electron chi connectivity index (χ1n) is 10.8. The molecule has 1 aliphatic heterocycles. The van der Waals surface area contributed by atoms with E-state index in [-0.39, 0.29) is 25.2 Å². The third kappa shape index (κ3) is 5.16. The van der Waals surface area contributed by atoms with Gasteiger partial charge in [0.15, 0.2) is 17.1 Å². The molecule has 34 heavy (non-hydrogen) atoms. The largest absolute Gasteiger partial charge is 0.493 e. The average Bonchev–Trinajstić information content (AvgIpc) is 3.29. The number of hydrogen-bond donors (Lipinski definition) is 2. The Kier molecular flexibility index (Phi) is 6.80. The van der Waals surface area contributed by atoms with Crippen LogP contribution < -0.4 is 9.47 Å². The second-order valence-corrected chi connectivity index (χ2v) is 9.74. The fourth-order valence-corrected chi connectivity index (χ4v) is 4.54. The number of aliphatic hydroxyl groups is 1. The summed E-state index contributed by atoms with van der Waals surface area (Å²) in [5.41, 5.74) is 0.997. The molecular formula is C23H27Cl2N5O4. The third-order valence-electron chi connectivity index (χ3n) is 5.66. The van der Waals surface area contributed by atoms with Crippen molar-refractivity contribution in [3.63, 3.8) is 0 Å². The number of halogens is 2. The molecule has 1 unspecified atom stereocenters. The lowest BCUT2D eigenvalue weighted by molar-refractivity contribution is 0.0425. The molecule has 0 saturated carbocycles. The first-order valence-corrected chi connectivity index (χ1v) is 11.5. The Bertz CT molecular complexity index is 1210. The Morgan fingerprint density at radius 3 is 2.56 bits per heavy atom. The maximum Gasteiger partial charge on any atom is 0.320 e. The monoisotopic (exact) mass is 507 g/mol. The Labute approximate surface area is 207 Å². The fraction of sp³-hybridized carbons (Fsp3) is 0.435. The zero-order valence-corrected chi connectivity index (χ0v) is 20.9. The van der Waals surface area contributed by atoms with Gasteiger partial charge in [-0.25, -0.2) is 14.8 Å². The van der Waals surface area contributed by atoms with Gasteiger partial charge in [0.2, 0.25) is 0 Å². The quantitative estimate of drug-likeness (QED) is 0.448. The van der Waals surface area contributed by atoms with E-state index in [4.69, 9.17) is 32.7 Å². The number of urea groups is 1. The lowest BCUT2D eigenvalue weighted by atomic mass is 10.0. The van der Waals surface area contributed by atoms with Crippen LogP contribution in [-0.4, -0.2) is 74.8 Å². The number of H-pyrrole nitrogens is 1. The normalized spacial score (nSPS) is 16.6. The van der Waals surface area contributed by atoms with Crippen LogP contribution in [0.3, 0.4) is 0 Å². The Morgan fingerprint density at radius 2 is 1.88 bits per heavy atom. The van der Waals surface area contributed by atoms with E-state index in [9.17, 15) is 9.90 Å². The number of rotatable bonds is 8. The standard InChI is InChI=1S/C23H27Cl2N5O4/c1-23(2,32)12-30-14(7-13-8-17(33-3)18(34-4)9-15(13)24)10-29(22(30)31)11-20-26-16-5-6-19(25)27-21(16)28-20/h5-6,8-9,14,32H,7,10-12H2,1-4H3,(H,26,27,28). The number of nitrogens with zero attached hydrogens (tertiary/aromatic N) is 4. The zero-order valence-electron chi connectivity index (χ0n) is 19.4. The molecular weight excluding hydrogens is 481 g/mol. The van der Waals surface area contributed by atoms with Gasteiger partial charge in [-0.1, -0.05) is 23.2 Å². The van der Waals surface area contributed by atoms with Crippen molar-refractivity contribution >= 4 is 40.4 Å². The van der Waals surface area contributed by atoms with Gasteiger partial charge in [-0.3, -0.25) is 0 Å². The third-order valence-corrected chi connectivity index (χ3v) is 6.22. The van der Waals surface area contributed by atoms with Gasteiger partial charge in [-0.05, 0) is 44.0 Å². The Morgan fingerprint density at radius 1 is 1.18 bits per heavy atom. The summed E-state index contributed by atoms with van der Waals surface area (Å²) >= 11 is 12.5. The number of fused-ring (bicyclic) bond motifs is 1. The number of ether oxygens (including phenoxy) is 2. The van der Waals surface area contributed by atoms with Crippen molar-refractivity contribution in [2.75, 3.05) is 27.3 Å². The molecule has 0 radical (unpaired) electrons. The van der Waals surface area contributed by atoms with E-state index in [1.807, 2.05) is 6.07 Å². The van der Waals surface area contributed by atoms with E-state index in [1.165, 1.54) is 0 Å². The highest BCUT2D eigenvalue weighted by Crippen LogP contribution is 2.35. The van der Waals surface area contributed by atoms with E-state index in [0.717, 1.165) is 11.1 Å². The molecule has 3 heterocycles. The van der Waals surface area contributed by atoms with Gasteiger partial charge in [0.25, 0.3) is 0 Å². The molecule has 0 spiro atoms. The lowest BCUT2D eigenvalue weighted by Crippen LogP contribution is -2.45. The summed E-state index contributed by atoms with van der Waals surface area (Å²) in [6, 6.07) is 6.61. The minimum atomic E-state index is -1.06. The van der Waals surface area contributed by atoms with Crippen LogP contribution >= 0.6 is 23.2 Å². The van der Waals surface area contributed by atoms with Crippen LogP contribution in [-0.2, 0) is 13.0 Å². The van der Waals surface area contributed by atoms with E-state index >= 15 is 0 Å². The number of hydrogen-bond acceptors (Lipinski definition) is 6. The minimum Gasteiger partial charge on any atom is -0.493 e. The van der Waals surface area contributed by atoms with Gasteiger partial charge < -0.3 is 29.4 Å². The predicted molar refractivity (Wildman–Crippen MR) is 130 cm³/mol. The van der Waals surface area contributed by atoms with Crippen LogP contribution in [0, 0.1) is 0 Å². The number of pyridine rings is 1. The summed E-state index contributed by atoms with van der Waals surface area (Å²) in [5.74, 6) is 1.70. The van der Waals surface area contributed by atoms with Crippen LogP contribution in [0.5, 0.6) is 11.5 Å². The summed E-state index contributed by atoms with van der Waals surface area (Å²) in [6.45, 7) is 4.24. The van der Waals surface area contributed by atoms with Crippen LogP contribution in [0.1, 0.15) is 25.2 Å². The molecule has 1 saturated heterocycles. The second kappa shape index (κ2) is 9.48. The molecule has 4 rings (SSSR count). The number of imidazole rings is 1. The molecule has 0 aliphatic carbocycles. The molecule has 1 aliphatic rings. The summed E-state index contributed by atoms with van der Waals surface area (Å²) in [7, 11) is 3.11. The fourth-order valence-electron chi connectivity index (χ4n) is 4.17.